The lowest BCUT2D eigenvalue weighted by Crippen LogP contribution is -2.20. The van der Waals surface area contributed by atoms with E-state index < -0.39 is 6.10 Å². The molecule has 0 heterocycles. The Labute approximate surface area is 133 Å². The summed E-state index contributed by atoms with van der Waals surface area (Å²) in [5.74, 6) is 2.99. The fraction of sp³-hybridized carbons (Fsp3) is 0.611. The van der Waals surface area contributed by atoms with Crippen LogP contribution in [0.4, 0.5) is 0 Å². The molecule has 3 heteroatoms. The third kappa shape index (κ3) is 4.38. The average molecular weight is 309 g/mol. The van der Waals surface area contributed by atoms with E-state index in [2.05, 4.69) is 25.8 Å². The van der Waals surface area contributed by atoms with Gasteiger partial charge in [0.25, 0.3) is 0 Å². The number of rotatable bonds is 6. The van der Waals surface area contributed by atoms with E-state index in [4.69, 9.17) is 22.8 Å². The van der Waals surface area contributed by atoms with Gasteiger partial charge in [-0.05, 0) is 44.1 Å². The average Bonchev–Trinajstić information content (AvgIpc) is 2.93. The van der Waals surface area contributed by atoms with Crippen LogP contribution in [0.3, 0.4) is 0 Å². The Hall–Kier alpha value is -1.20. The molecule has 0 aliphatic heterocycles. The molecule has 0 N–H and O–H groups in total. The van der Waals surface area contributed by atoms with Crippen molar-refractivity contribution in [3.05, 3.63) is 23.3 Å². The highest BCUT2D eigenvalue weighted by Crippen LogP contribution is 2.59. The minimum absolute atomic E-state index is 0.0543. The van der Waals surface area contributed by atoms with Crippen molar-refractivity contribution in [3.8, 4) is 12.3 Å². The quantitative estimate of drug-likeness (QED) is 0.316. The maximum absolute atomic E-state index is 12.4. The summed E-state index contributed by atoms with van der Waals surface area (Å²) in [7, 11) is 0. The van der Waals surface area contributed by atoms with Crippen LogP contribution in [0.25, 0.3) is 0 Å². The second-order valence-corrected chi connectivity index (χ2v) is 6.86. The van der Waals surface area contributed by atoms with Gasteiger partial charge in [0, 0.05) is 5.88 Å². The zero-order valence-corrected chi connectivity index (χ0v) is 14.3. The molecule has 0 aromatic carbocycles. The molecule has 1 aliphatic rings. The lowest BCUT2D eigenvalue weighted by molar-refractivity contribution is -0.147. The van der Waals surface area contributed by atoms with Crippen LogP contribution < -0.4 is 0 Å². The fourth-order valence-corrected chi connectivity index (χ4v) is 2.74. The molecule has 1 fully saturated rings. The van der Waals surface area contributed by atoms with Gasteiger partial charge in [-0.3, -0.25) is 4.79 Å². The Bertz CT molecular complexity index is 490. The van der Waals surface area contributed by atoms with E-state index in [9.17, 15) is 4.79 Å². The third-order valence-electron chi connectivity index (χ3n) is 4.05. The van der Waals surface area contributed by atoms with Gasteiger partial charge in [0.2, 0.25) is 0 Å². The number of esters is 1. The lowest BCUT2D eigenvalue weighted by atomic mass is 10.1. The molecular formula is C18H25ClO2. The largest absolute Gasteiger partial charge is 0.444 e. The highest BCUT2D eigenvalue weighted by Gasteiger charge is 2.61. The van der Waals surface area contributed by atoms with Crippen molar-refractivity contribution in [2.45, 2.75) is 47.1 Å². The molecule has 2 nitrogen and oxygen atoms in total. The van der Waals surface area contributed by atoms with Gasteiger partial charge in [0.1, 0.15) is 0 Å². The van der Waals surface area contributed by atoms with Crippen molar-refractivity contribution in [2.24, 2.45) is 17.3 Å². The molecule has 0 bridgehead atoms. The van der Waals surface area contributed by atoms with Crippen LogP contribution in [-0.2, 0) is 9.53 Å². The molecule has 21 heavy (non-hydrogen) atoms. The Kier molecular flexibility index (Phi) is 6.10. The van der Waals surface area contributed by atoms with Crippen LogP contribution >= 0.6 is 11.6 Å². The molecule has 1 saturated carbocycles. The van der Waals surface area contributed by atoms with Gasteiger partial charge in [-0.15, -0.1) is 18.0 Å². The van der Waals surface area contributed by atoms with E-state index in [-0.39, 0.29) is 23.2 Å². The number of carbonyl (C=O) groups excluding carboxylic acids is 1. The van der Waals surface area contributed by atoms with Crippen LogP contribution in [0.15, 0.2) is 23.3 Å². The second kappa shape index (κ2) is 7.18. The predicted molar refractivity (Wildman–Crippen MR) is 88.0 cm³/mol. The van der Waals surface area contributed by atoms with Crippen molar-refractivity contribution < 1.29 is 9.53 Å². The number of alkyl halides is 1. The van der Waals surface area contributed by atoms with Gasteiger partial charge < -0.3 is 4.74 Å². The van der Waals surface area contributed by atoms with Crippen molar-refractivity contribution in [1.82, 2.24) is 0 Å². The molecular weight excluding hydrogens is 284 g/mol. The zero-order chi connectivity index (χ0) is 16.2. The summed E-state index contributed by atoms with van der Waals surface area (Å²) in [4.78, 5) is 12.4. The maximum Gasteiger partial charge on any atom is 0.311 e. The first-order chi connectivity index (χ1) is 9.75. The molecule has 1 rings (SSSR count). The number of terminal acetylenes is 1. The van der Waals surface area contributed by atoms with Crippen LogP contribution in [0.1, 0.15) is 41.0 Å². The van der Waals surface area contributed by atoms with Crippen LogP contribution in [0, 0.1) is 29.6 Å². The van der Waals surface area contributed by atoms with E-state index in [0.29, 0.717) is 5.88 Å². The Morgan fingerprint density at radius 3 is 2.52 bits per heavy atom. The predicted octanol–water partition coefficient (Wildman–Crippen LogP) is 4.35. The molecule has 3 unspecified atom stereocenters. The molecule has 0 aromatic rings. The molecule has 1 aliphatic carbocycles. The Morgan fingerprint density at radius 1 is 1.43 bits per heavy atom. The number of hydrogen-bond acceptors (Lipinski definition) is 2. The standard InChI is InChI=1S/C18H25ClO2/c1-7-15(13(4)9-8-10-19)21-17(20)16-14(11-12(2)3)18(16,5)6/h1,9,11,14-16H,8,10H2,2-6H3/b13-9+. The zero-order valence-electron chi connectivity index (χ0n) is 13.6. The maximum atomic E-state index is 12.4. The topological polar surface area (TPSA) is 26.3 Å². The summed E-state index contributed by atoms with van der Waals surface area (Å²) in [6.45, 7) is 10.1. The van der Waals surface area contributed by atoms with E-state index >= 15 is 0 Å². The molecule has 116 valence electrons. The van der Waals surface area contributed by atoms with Crippen LogP contribution in [-0.4, -0.2) is 18.0 Å². The highest BCUT2D eigenvalue weighted by molar-refractivity contribution is 6.17. The SMILES string of the molecule is C#CC(OC(=O)C1C(C=C(C)C)C1(C)C)/C(C)=C/CCCl. The summed E-state index contributed by atoms with van der Waals surface area (Å²) in [6.07, 6.45) is 9.68. The van der Waals surface area contributed by atoms with Crippen molar-refractivity contribution in [2.75, 3.05) is 5.88 Å². The number of carbonyl (C=O) groups is 1. The van der Waals surface area contributed by atoms with Gasteiger partial charge in [0.15, 0.2) is 6.10 Å². The van der Waals surface area contributed by atoms with Gasteiger partial charge in [-0.1, -0.05) is 37.5 Å². The summed E-state index contributed by atoms with van der Waals surface area (Å²) in [5, 5.41) is 0. The number of hydrogen-bond donors (Lipinski definition) is 0. The van der Waals surface area contributed by atoms with E-state index in [0.717, 1.165) is 12.0 Å². The normalized spacial score (nSPS) is 24.7. The Balaban J connectivity index is 2.73. The summed E-state index contributed by atoms with van der Waals surface area (Å²) >= 11 is 5.65. The van der Waals surface area contributed by atoms with Crippen molar-refractivity contribution >= 4 is 17.6 Å². The van der Waals surface area contributed by atoms with Crippen molar-refractivity contribution in [3.63, 3.8) is 0 Å². The monoisotopic (exact) mass is 308 g/mol. The number of ether oxygens (including phenoxy) is 1. The van der Waals surface area contributed by atoms with Crippen molar-refractivity contribution in [1.29, 1.82) is 0 Å². The fourth-order valence-electron chi connectivity index (χ4n) is 2.64. The molecule has 0 saturated heterocycles. The van der Waals surface area contributed by atoms with E-state index in [1.165, 1.54) is 5.57 Å². The van der Waals surface area contributed by atoms with Gasteiger partial charge in [-0.2, -0.15) is 0 Å². The highest BCUT2D eigenvalue weighted by atomic mass is 35.5. The first-order valence-electron chi connectivity index (χ1n) is 7.30. The summed E-state index contributed by atoms with van der Waals surface area (Å²) < 4.78 is 5.51. The van der Waals surface area contributed by atoms with E-state index in [1.54, 1.807) is 0 Å². The summed E-state index contributed by atoms with van der Waals surface area (Å²) in [6, 6.07) is 0. The minimum Gasteiger partial charge on any atom is -0.444 e. The Morgan fingerprint density at radius 2 is 2.05 bits per heavy atom. The second-order valence-electron chi connectivity index (χ2n) is 6.48. The van der Waals surface area contributed by atoms with Crippen LogP contribution in [0.5, 0.6) is 0 Å². The van der Waals surface area contributed by atoms with Gasteiger partial charge in [0.05, 0.1) is 5.92 Å². The summed E-state index contributed by atoms with van der Waals surface area (Å²) in [5.41, 5.74) is 2.03. The van der Waals surface area contributed by atoms with E-state index in [1.807, 2.05) is 26.8 Å². The molecule has 0 spiro atoms. The minimum atomic E-state index is -0.593. The molecule has 3 atom stereocenters. The molecule has 0 radical (unpaired) electrons. The third-order valence-corrected chi connectivity index (χ3v) is 4.27. The lowest BCUT2D eigenvalue weighted by Gasteiger charge is -2.13. The molecule has 0 amide bonds. The first kappa shape index (κ1) is 17.9. The smallest absolute Gasteiger partial charge is 0.311 e. The number of allylic oxidation sites excluding steroid dienone is 3. The number of halogens is 1. The van der Waals surface area contributed by atoms with Gasteiger partial charge in [-0.25, -0.2) is 0 Å². The van der Waals surface area contributed by atoms with Crippen LogP contribution in [0.2, 0.25) is 0 Å². The first-order valence-corrected chi connectivity index (χ1v) is 7.83. The van der Waals surface area contributed by atoms with Gasteiger partial charge >= 0.3 is 5.97 Å². The molecule has 0 aromatic heterocycles.